The van der Waals surface area contributed by atoms with Crippen molar-refractivity contribution in [3.63, 3.8) is 0 Å². The van der Waals surface area contributed by atoms with Crippen molar-refractivity contribution in [3.05, 3.63) is 59.7 Å². The summed E-state index contributed by atoms with van der Waals surface area (Å²) >= 11 is 0. The maximum absolute atomic E-state index is 12.3. The van der Waals surface area contributed by atoms with E-state index in [0.717, 1.165) is 37.0 Å². The van der Waals surface area contributed by atoms with Gasteiger partial charge in [-0.25, -0.2) is 0 Å². The summed E-state index contributed by atoms with van der Waals surface area (Å²) in [6.45, 7) is 0. The summed E-state index contributed by atoms with van der Waals surface area (Å²) in [4.78, 5) is 24.3. The number of ether oxygens (including phenoxy) is 1. The van der Waals surface area contributed by atoms with Crippen LogP contribution in [0.15, 0.2) is 48.5 Å². The second kappa shape index (κ2) is 9.12. The fourth-order valence-electron chi connectivity index (χ4n) is 3.66. The average molecular weight is 392 g/mol. The Bertz CT molecular complexity index is 853. The Kier molecular flexibility index (Phi) is 6.13. The van der Waals surface area contributed by atoms with Crippen LogP contribution in [-0.4, -0.2) is 24.0 Å². The third-order valence-corrected chi connectivity index (χ3v) is 5.49. The minimum Gasteiger partial charge on any atom is -0.490 e. The molecule has 0 aromatic heterocycles. The quantitative estimate of drug-likeness (QED) is 0.696. The lowest BCUT2D eigenvalue weighted by atomic mass is 10.1. The summed E-state index contributed by atoms with van der Waals surface area (Å²) in [5.74, 6) is 0.808. The van der Waals surface area contributed by atoms with Crippen molar-refractivity contribution < 1.29 is 14.3 Å². The van der Waals surface area contributed by atoms with Crippen LogP contribution in [0.3, 0.4) is 0 Å². The van der Waals surface area contributed by atoms with Gasteiger partial charge in [-0.2, -0.15) is 0 Å². The number of aryl methyl sites for hydroxylation is 1. The Morgan fingerprint density at radius 2 is 1.72 bits per heavy atom. The zero-order valence-corrected chi connectivity index (χ0v) is 16.7. The van der Waals surface area contributed by atoms with Gasteiger partial charge in [0.05, 0.1) is 6.10 Å². The van der Waals surface area contributed by atoms with E-state index in [9.17, 15) is 9.59 Å². The minimum absolute atomic E-state index is 0.0395. The summed E-state index contributed by atoms with van der Waals surface area (Å²) < 4.78 is 6.04. The smallest absolute Gasteiger partial charge is 0.251 e. The van der Waals surface area contributed by atoms with E-state index in [1.165, 1.54) is 12.8 Å². The Hall–Kier alpha value is -2.82. The van der Waals surface area contributed by atoms with Gasteiger partial charge >= 0.3 is 0 Å². The van der Waals surface area contributed by atoms with Crippen molar-refractivity contribution in [3.8, 4) is 5.75 Å². The first-order valence-corrected chi connectivity index (χ1v) is 10.6. The molecule has 152 valence electrons. The van der Waals surface area contributed by atoms with E-state index < -0.39 is 0 Å². The van der Waals surface area contributed by atoms with Crippen LogP contribution >= 0.6 is 0 Å². The van der Waals surface area contributed by atoms with Crippen molar-refractivity contribution >= 4 is 17.5 Å². The van der Waals surface area contributed by atoms with Gasteiger partial charge in [0.15, 0.2) is 0 Å². The second-order valence-electron chi connectivity index (χ2n) is 8.04. The molecule has 4 rings (SSSR count). The maximum Gasteiger partial charge on any atom is 0.251 e. The molecule has 29 heavy (non-hydrogen) atoms. The summed E-state index contributed by atoms with van der Waals surface area (Å²) in [6.07, 6.45) is 8.29. The number of hydrogen-bond donors (Lipinski definition) is 2. The summed E-state index contributed by atoms with van der Waals surface area (Å²) in [6, 6.07) is 15.4. The Morgan fingerprint density at radius 1 is 0.966 bits per heavy atom. The number of carbonyl (C=O) groups excluding carboxylic acids is 2. The van der Waals surface area contributed by atoms with Gasteiger partial charge < -0.3 is 15.4 Å². The van der Waals surface area contributed by atoms with E-state index in [4.69, 9.17) is 4.74 Å². The first kappa shape index (κ1) is 19.5. The van der Waals surface area contributed by atoms with E-state index in [-0.39, 0.29) is 11.8 Å². The van der Waals surface area contributed by atoms with Gasteiger partial charge in [-0.1, -0.05) is 12.1 Å². The Labute approximate surface area is 171 Å². The molecule has 0 aliphatic heterocycles. The van der Waals surface area contributed by atoms with Gasteiger partial charge in [0.25, 0.3) is 5.91 Å². The topological polar surface area (TPSA) is 67.4 Å². The van der Waals surface area contributed by atoms with Gasteiger partial charge in [-0.15, -0.1) is 0 Å². The Morgan fingerprint density at radius 3 is 2.45 bits per heavy atom. The molecule has 2 fully saturated rings. The molecular formula is C24H28N2O3. The molecular weight excluding hydrogens is 364 g/mol. The van der Waals surface area contributed by atoms with E-state index in [0.29, 0.717) is 36.2 Å². The highest BCUT2D eigenvalue weighted by molar-refractivity contribution is 5.96. The molecule has 0 saturated heterocycles. The molecule has 2 aromatic rings. The van der Waals surface area contributed by atoms with Gasteiger partial charge in [0.1, 0.15) is 5.75 Å². The van der Waals surface area contributed by atoms with Crippen LogP contribution in [0, 0.1) is 0 Å². The third-order valence-electron chi connectivity index (χ3n) is 5.49. The third kappa shape index (κ3) is 5.83. The zero-order valence-electron chi connectivity index (χ0n) is 16.7. The highest BCUT2D eigenvalue weighted by Gasteiger charge is 2.23. The fourth-order valence-corrected chi connectivity index (χ4v) is 3.66. The van der Waals surface area contributed by atoms with Crippen LogP contribution in [0.1, 0.15) is 60.9 Å². The standard InChI is InChI=1S/C24H28N2O3/c27-23(25-19-11-9-18(10-12-19)24(28)26-20-13-14-20)15-8-17-4-3-7-22(16-17)29-21-5-1-2-6-21/h3-4,7,9-12,16,20-21H,1-2,5-6,8,13-15H2,(H,25,27)(H,26,28). The number of amides is 2. The SMILES string of the molecule is O=C(CCc1cccc(OC2CCCC2)c1)Nc1ccc(C(=O)NC2CC2)cc1. The monoisotopic (exact) mass is 392 g/mol. The largest absolute Gasteiger partial charge is 0.490 e. The molecule has 2 amide bonds. The van der Waals surface area contributed by atoms with Crippen molar-refractivity contribution in [1.82, 2.24) is 5.32 Å². The molecule has 2 saturated carbocycles. The molecule has 0 spiro atoms. The van der Waals surface area contributed by atoms with Crippen molar-refractivity contribution in [2.75, 3.05) is 5.32 Å². The Balaban J connectivity index is 1.24. The number of anilines is 1. The van der Waals surface area contributed by atoms with Crippen molar-refractivity contribution in [1.29, 1.82) is 0 Å². The van der Waals surface area contributed by atoms with E-state index in [2.05, 4.69) is 10.6 Å². The highest BCUT2D eigenvalue weighted by Crippen LogP contribution is 2.25. The lowest BCUT2D eigenvalue weighted by Crippen LogP contribution is -2.25. The summed E-state index contributed by atoms with van der Waals surface area (Å²) in [5.41, 5.74) is 2.42. The van der Waals surface area contributed by atoms with E-state index in [1.54, 1.807) is 24.3 Å². The molecule has 2 N–H and O–H groups in total. The summed E-state index contributed by atoms with van der Waals surface area (Å²) in [7, 11) is 0. The van der Waals surface area contributed by atoms with Crippen LogP contribution in [0.25, 0.3) is 0 Å². The van der Waals surface area contributed by atoms with E-state index in [1.807, 2.05) is 24.3 Å². The number of nitrogens with one attached hydrogen (secondary N) is 2. The molecule has 2 aromatic carbocycles. The first-order valence-electron chi connectivity index (χ1n) is 10.6. The van der Waals surface area contributed by atoms with Gasteiger partial charge in [0.2, 0.25) is 5.91 Å². The maximum atomic E-state index is 12.3. The molecule has 2 aliphatic rings. The van der Waals surface area contributed by atoms with Crippen LogP contribution in [0.5, 0.6) is 5.75 Å². The molecule has 2 aliphatic carbocycles. The summed E-state index contributed by atoms with van der Waals surface area (Å²) in [5, 5.41) is 5.86. The fraction of sp³-hybridized carbons (Fsp3) is 0.417. The van der Waals surface area contributed by atoms with Crippen LogP contribution in [0.4, 0.5) is 5.69 Å². The molecule has 5 heteroatoms. The second-order valence-corrected chi connectivity index (χ2v) is 8.04. The first-order chi connectivity index (χ1) is 14.2. The predicted octanol–water partition coefficient (Wildman–Crippen LogP) is 4.47. The van der Waals surface area contributed by atoms with Gasteiger partial charge in [-0.3, -0.25) is 9.59 Å². The molecule has 5 nitrogen and oxygen atoms in total. The molecule has 0 unspecified atom stereocenters. The van der Waals surface area contributed by atoms with Crippen LogP contribution < -0.4 is 15.4 Å². The van der Waals surface area contributed by atoms with Crippen LogP contribution in [0.2, 0.25) is 0 Å². The lowest BCUT2D eigenvalue weighted by molar-refractivity contribution is -0.116. The number of hydrogen-bond acceptors (Lipinski definition) is 3. The number of carbonyl (C=O) groups is 2. The molecule has 0 atom stereocenters. The highest BCUT2D eigenvalue weighted by atomic mass is 16.5. The van der Waals surface area contributed by atoms with Gasteiger partial charge in [0, 0.05) is 23.7 Å². The normalized spacial score (nSPS) is 16.4. The lowest BCUT2D eigenvalue weighted by Gasteiger charge is -2.14. The number of rotatable bonds is 8. The minimum atomic E-state index is -0.0509. The van der Waals surface area contributed by atoms with Gasteiger partial charge in [-0.05, 0) is 86.9 Å². The molecule has 0 bridgehead atoms. The predicted molar refractivity (Wildman–Crippen MR) is 113 cm³/mol. The van der Waals surface area contributed by atoms with Crippen molar-refractivity contribution in [2.24, 2.45) is 0 Å². The van der Waals surface area contributed by atoms with E-state index >= 15 is 0 Å². The molecule has 0 heterocycles. The zero-order chi connectivity index (χ0) is 20.1. The average Bonchev–Trinajstić information content (AvgIpc) is 3.39. The molecule has 0 radical (unpaired) electrons. The van der Waals surface area contributed by atoms with Crippen LogP contribution in [-0.2, 0) is 11.2 Å². The number of benzene rings is 2. The van der Waals surface area contributed by atoms with Crippen molar-refractivity contribution in [2.45, 2.75) is 63.5 Å².